The van der Waals surface area contributed by atoms with E-state index in [-0.39, 0.29) is 0 Å². The van der Waals surface area contributed by atoms with Crippen molar-refractivity contribution < 1.29 is 4.74 Å². The van der Waals surface area contributed by atoms with E-state index in [4.69, 9.17) is 10.5 Å². The number of hydrogen-bond acceptors (Lipinski definition) is 3. The quantitative estimate of drug-likeness (QED) is 0.824. The molecule has 0 spiro atoms. The molecule has 0 radical (unpaired) electrons. The van der Waals surface area contributed by atoms with Gasteiger partial charge >= 0.3 is 0 Å². The Morgan fingerprint density at radius 1 is 1.47 bits per heavy atom. The molecule has 108 valence electrons. The molecule has 1 aromatic heterocycles. The Bertz CT molecular complexity index is 377. The largest absolute Gasteiger partial charge is 0.375 e. The first kappa shape index (κ1) is 14.5. The molecule has 1 heterocycles. The highest BCUT2D eigenvalue weighted by atomic mass is 16.5. The smallest absolute Gasteiger partial charge is 0.0906 e. The van der Waals surface area contributed by atoms with Crippen molar-refractivity contribution in [3.05, 3.63) is 18.0 Å². The Labute approximate surface area is 116 Å². The molecule has 0 bridgehead atoms. The second-order valence-electron chi connectivity index (χ2n) is 5.75. The van der Waals surface area contributed by atoms with Crippen molar-refractivity contribution in [2.24, 2.45) is 17.6 Å². The summed E-state index contributed by atoms with van der Waals surface area (Å²) in [6, 6.07) is 2.52. The molecule has 19 heavy (non-hydrogen) atoms. The van der Waals surface area contributed by atoms with Crippen molar-refractivity contribution in [1.82, 2.24) is 9.78 Å². The highest BCUT2D eigenvalue weighted by Gasteiger charge is 2.25. The highest BCUT2D eigenvalue weighted by Crippen LogP contribution is 2.31. The first-order valence-electron chi connectivity index (χ1n) is 7.56. The normalized spacial score (nSPS) is 24.8. The van der Waals surface area contributed by atoms with E-state index < -0.39 is 0 Å². The summed E-state index contributed by atoms with van der Waals surface area (Å²) in [5, 5.41) is 4.55. The van der Waals surface area contributed by atoms with Gasteiger partial charge in [-0.1, -0.05) is 13.3 Å². The van der Waals surface area contributed by atoms with Gasteiger partial charge in [0, 0.05) is 12.2 Å². The summed E-state index contributed by atoms with van der Waals surface area (Å²) in [5.41, 5.74) is 6.82. The lowest BCUT2D eigenvalue weighted by molar-refractivity contribution is 0.0730. The van der Waals surface area contributed by atoms with E-state index in [1.165, 1.54) is 19.3 Å². The van der Waals surface area contributed by atoms with Gasteiger partial charge in [-0.25, -0.2) is 0 Å². The second kappa shape index (κ2) is 7.06. The average Bonchev–Trinajstić information content (AvgIpc) is 3.06. The standard InChI is InChI=1S/C15H27N3O/c1-3-12(2)18-8-7-15(17-18)11-19-10-14-6-4-5-13(14)9-16/h7-8,12-14H,3-6,9-11,16H2,1-2H3. The van der Waals surface area contributed by atoms with Crippen LogP contribution in [0.2, 0.25) is 0 Å². The molecule has 0 aromatic carbocycles. The molecular weight excluding hydrogens is 238 g/mol. The molecule has 3 unspecified atom stereocenters. The van der Waals surface area contributed by atoms with E-state index in [9.17, 15) is 0 Å². The van der Waals surface area contributed by atoms with Crippen LogP contribution in [0.1, 0.15) is 51.3 Å². The lowest BCUT2D eigenvalue weighted by atomic mass is 9.97. The fourth-order valence-electron chi connectivity index (χ4n) is 2.85. The molecule has 4 heteroatoms. The summed E-state index contributed by atoms with van der Waals surface area (Å²) >= 11 is 0. The predicted octanol–water partition coefficient (Wildman–Crippen LogP) is 2.75. The average molecular weight is 265 g/mol. The van der Waals surface area contributed by atoms with Crippen LogP contribution < -0.4 is 5.73 Å². The van der Waals surface area contributed by atoms with E-state index >= 15 is 0 Å². The molecule has 1 fully saturated rings. The van der Waals surface area contributed by atoms with Crippen LogP contribution in [-0.2, 0) is 11.3 Å². The maximum absolute atomic E-state index is 5.83. The molecule has 1 saturated carbocycles. The van der Waals surface area contributed by atoms with Crippen LogP contribution in [0, 0.1) is 11.8 Å². The van der Waals surface area contributed by atoms with E-state index in [0.717, 1.165) is 25.3 Å². The van der Waals surface area contributed by atoms with Gasteiger partial charge < -0.3 is 10.5 Å². The van der Waals surface area contributed by atoms with Gasteiger partial charge in [0.1, 0.15) is 0 Å². The molecule has 0 amide bonds. The first-order chi connectivity index (χ1) is 9.24. The van der Waals surface area contributed by atoms with Crippen LogP contribution in [0.3, 0.4) is 0 Å². The highest BCUT2D eigenvalue weighted by molar-refractivity contribution is 4.98. The van der Waals surface area contributed by atoms with Crippen LogP contribution >= 0.6 is 0 Å². The van der Waals surface area contributed by atoms with Gasteiger partial charge in [-0.15, -0.1) is 0 Å². The van der Waals surface area contributed by atoms with Crippen molar-refractivity contribution >= 4 is 0 Å². The van der Waals surface area contributed by atoms with Gasteiger partial charge in [0.15, 0.2) is 0 Å². The van der Waals surface area contributed by atoms with Crippen molar-refractivity contribution in [2.75, 3.05) is 13.2 Å². The number of nitrogens with zero attached hydrogens (tertiary/aromatic N) is 2. The zero-order valence-corrected chi connectivity index (χ0v) is 12.2. The Morgan fingerprint density at radius 2 is 2.26 bits per heavy atom. The molecule has 0 aliphatic heterocycles. The monoisotopic (exact) mass is 265 g/mol. The van der Waals surface area contributed by atoms with Gasteiger partial charge in [-0.05, 0) is 50.6 Å². The number of nitrogens with two attached hydrogens (primary N) is 1. The topological polar surface area (TPSA) is 53.1 Å². The zero-order chi connectivity index (χ0) is 13.7. The minimum absolute atomic E-state index is 0.463. The van der Waals surface area contributed by atoms with Crippen LogP contribution in [0.25, 0.3) is 0 Å². The third kappa shape index (κ3) is 3.80. The summed E-state index contributed by atoms with van der Waals surface area (Å²) in [4.78, 5) is 0. The molecule has 3 atom stereocenters. The first-order valence-corrected chi connectivity index (χ1v) is 7.56. The van der Waals surface area contributed by atoms with E-state index in [0.29, 0.717) is 24.5 Å². The lowest BCUT2D eigenvalue weighted by Gasteiger charge is -2.17. The van der Waals surface area contributed by atoms with Gasteiger partial charge in [0.2, 0.25) is 0 Å². The molecule has 1 aromatic rings. The van der Waals surface area contributed by atoms with Crippen LogP contribution in [-0.4, -0.2) is 22.9 Å². The maximum atomic E-state index is 5.83. The zero-order valence-electron chi connectivity index (χ0n) is 12.2. The molecule has 2 N–H and O–H groups in total. The van der Waals surface area contributed by atoms with Crippen LogP contribution in [0.4, 0.5) is 0 Å². The number of aromatic nitrogens is 2. The van der Waals surface area contributed by atoms with Gasteiger partial charge in [-0.2, -0.15) is 5.10 Å². The molecule has 4 nitrogen and oxygen atoms in total. The van der Waals surface area contributed by atoms with Gasteiger partial charge in [0.05, 0.1) is 18.9 Å². The summed E-state index contributed by atoms with van der Waals surface area (Å²) < 4.78 is 7.86. The minimum atomic E-state index is 0.463. The van der Waals surface area contributed by atoms with E-state index in [1.54, 1.807) is 0 Å². The van der Waals surface area contributed by atoms with Gasteiger partial charge in [0.25, 0.3) is 0 Å². The summed E-state index contributed by atoms with van der Waals surface area (Å²) in [7, 11) is 0. The Morgan fingerprint density at radius 3 is 3.00 bits per heavy atom. The van der Waals surface area contributed by atoms with Crippen molar-refractivity contribution in [2.45, 2.75) is 52.2 Å². The van der Waals surface area contributed by atoms with Crippen LogP contribution in [0.15, 0.2) is 12.3 Å². The molecule has 0 saturated heterocycles. The summed E-state index contributed by atoms with van der Waals surface area (Å²) in [6.07, 6.45) is 6.99. The predicted molar refractivity (Wildman–Crippen MR) is 76.8 cm³/mol. The third-order valence-electron chi connectivity index (χ3n) is 4.41. The van der Waals surface area contributed by atoms with Crippen molar-refractivity contribution in [1.29, 1.82) is 0 Å². The number of rotatable bonds is 7. The second-order valence-corrected chi connectivity index (χ2v) is 5.75. The van der Waals surface area contributed by atoms with Crippen molar-refractivity contribution in [3.63, 3.8) is 0 Å². The molecular formula is C15H27N3O. The van der Waals surface area contributed by atoms with E-state index in [2.05, 4.69) is 25.0 Å². The Balaban J connectivity index is 1.75. The molecule has 1 aliphatic rings. The van der Waals surface area contributed by atoms with Crippen LogP contribution in [0.5, 0.6) is 0 Å². The lowest BCUT2D eigenvalue weighted by Crippen LogP contribution is -2.22. The summed E-state index contributed by atoms with van der Waals surface area (Å²) in [6.45, 7) is 6.61. The summed E-state index contributed by atoms with van der Waals surface area (Å²) in [5.74, 6) is 1.32. The Hall–Kier alpha value is -0.870. The SMILES string of the molecule is CCC(C)n1ccc(COCC2CCCC2CN)n1. The molecule has 2 rings (SSSR count). The van der Waals surface area contributed by atoms with E-state index in [1.807, 2.05) is 10.9 Å². The van der Waals surface area contributed by atoms with Crippen molar-refractivity contribution in [3.8, 4) is 0 Å². The molecule has 1 aliphatic carbocycles. The fraction of sp³-hybridized carbons (Fsp3) is 0.800. The maximum Gasteiger partial charge on any atom is 0.0906 e. The third-order valence-corrected chi connectivity index (χ3v) is 4.41. The number of hydrogen-bond donors (Lipinski definition) is 1. The van der Waals surface area contributed by atoms with Gasteiger partial charge in [-0.3, -0.25) is 4.68 Å². The minimum Gasteiger partial charge on any atom is -0.375 e. The fourth-order valence-corrected chi connectivity index (χ4v) is 2.85. The number of ether oxygens (including phenoxy) is 1. The Kier molecular flexibility index (Phi) is 5.40.